The minimum absolute atomic E-state index is 0.101. The summed E-state index contributed by atoms with van der Waals surface area (Å²) in [4.78, 5) is 10.0. The topological polar surface area (TPSA) is 89.3 Å². The fourth-order valence-electron chi connectivity index (χ4n) is 1.43. The molecule has 0 aliphatic rings. The van der Waals surface area contributed by atoms with Crippen LogP contribution in [0.4, 0.5) is 5.69 Å². The molecule has 18 heavy (non-hydrogen) atoms. The van der Waals surface area contributed by atoms with Crippen molar-refractivity contribution >= 4 is 15.7 Å². The minimum Gasteiger partial charge on any atom is -0.258 e. The number of nitro benzene ring substituents is 1. The summed E-state index contributed by atoms with van der Waals surface area (Å²) in [6, 6.07) is 5.65. The van der Waals surface area contributed by atoms with Crippen LogP contribution >= 0.6 is 0 Å². The number of hydrogen-bond acceptors (Lipinski definition) is 4. The van der Waals surface area contributed by atoms with Gasteiger partial charge in [-0.3, -0.25) is 10.1 Å². The van der Waals surface area contributed by atoms with Gasteiger partial charge in [0.2, 0.25) is 10.0 Å². The first-order valence-corrected chi connectivity index (χ1v) is 7.30. The molecule has 6 nitrogen and oxygen atoms in total. The Morgan fingerprint density at radius 3 is 2.72 bits per heavy atom. The number of non-ortho nitro benzene ring substituents is 1. The van der Waals surface area contributed by atoms with Crippen molar-refractivity contribution in [3.8, 4) is 0 Å². The fraction of sp³-hybridized carbons (Fsp3) is 0.455. The molecule has 1 N–H and O–H groups in total. The van der Waals surface area contributed by atoms with E-state index in [1.54, 1.807) is 6.07 Å². The van der Waals surface area contributed by atoms with Gasteiger partial charge in [-0.1, -0.05) is 25.5 Å². The molecule has 0 heterocycles. The summed E-state index contributed by atoms with van der Waals surface area (Å²) in [6.45, 7) is 2.36. The summed E-state index contributed by atoms with van der Waals surface area (Å²) >= 11 is 0. The molecule has 0 aliphatic heterocycles. The predicted octanol–water partition coefficient (Wildman–Crippen LogP) is 1.81. The van der Waals surface area contributed by atoms with Crippen LogP contribution in [0.15, 0.2) is 24.3 Å². The van der Waals surface area contributed by atoms with Gasteiger partial charge in [0.05, 0.1) is 10.7 Å². The van der Waals surface area contributed by atoms with E-state index in [1.807, 2.05) is 6.92 Å². The molecule has 0 unspecified atom stereocenters. The van der Waals surface area contributed by atoms with E-state index in [0.717, 1.165) is 12.8 Å². The molecule has 1 rings (SSSR count). The molecule has 0 spiro atoms. The molecule has 0 saturated carbocycles. The Balaban J connectivity index is 2.72. The molecule has 0 bridgehead atoms. The van der Waals surface area contributed by atoms with Crippen LogP contribution in [0.25, 0.3) is 0 Å². The predicted molar refractivity (Wildman–Crippen MR) is 68.6 cm³/mol. The maximum absolute atomic E-state index is 11.7. The van der Waals surface area contributed by atoms with Crippen molar-refractivity contribution < 1.29 is 13.3 Å². The summed E-state index contributed by atoms with van der Waals surface area (Å²) in [5.74, 6) is -0.238. The van der Waals surface area contributed by atoms with Crippen LogP contribution in [-0.2, 0) is 15.8 Å². The number of nitrogens with zero attached hydrogens (tertiary/aromatic N) is 1. The third-order valence-corrected chi connectivity index (χ3v) is 3.69. The van der Waals surface area contributed by atoms with Crippen molar-refractivity contribution in [2.75, 3.05) is 6.54 Å². The number of nitrogens with one attached hydrogen (secondary N) is 1. The Bertz CT molecular complexity index is 514. The quantitative estimate of drug-likeness (QED) is 0.465. The second-order valence-electron chi connectivity index (χ2n) is 3.93. The first-order valence-electron chi connectivity index (χ1n) is 5.65. The van der Waals surface area contributed by atoms with Crippen LogP contribution in [0.2, 0.25) is 0 Å². The monoisotopic (exact) mass is 272 g/mol. The van der Waals surface area contributed by atoms with Gasteiger partial charge in [0.1, 0.15) is 0 Å². The van der Waals surface area contributed by atoms with E-state index in [2.05, 4.69) is 4.72 Å². The van der Waals surface area contributed by atoms with E-state index < -0.39 is 14.9 Å². The normalized spacial score (nSPS) is 11.4. The molecule has 0 fully saturated rings. The smallest absolute Gasteiger partial charge is 0.258 e. The van der Waals surface area contributed by atoms with Crippen molar-refractivity contribution in [2.24, 2.45) is 0 Å². The highest BCUT2D eigenvalue weighted by Crippen LogP contribution is 2.14. The average molecular weight is 272 g/mol. The molecule has 0 saturated heterocycles. The second kappa shape index (κ2) is 6.46. The molecular weight excluding hydrogens is 256 g/mol. The van der Waals surface area contributed by atoms with Crippen LogP contribution < -0.4 is 4.72 Å². The number of benzene rings is 1. The van der Waals surface area contributed by atoms with Crippen molar-refractivity contribution in [3.05, 3.63) is 39.9 Å². The first-order chi connectivity index (χ1) is 8.44. The van der Waals surface area contributed by atoms with Gasteiger partial charge in [0.25, 0.3) is 5.69 Å². The Kier molecular flexibility index (Phi) is 5.24. The third kappa shape index (κ3) is 4.80. The largest absolute Gasteiger partial charge is 0.269 e. The molecule has 7 heteroatoms. The number of unbranched alkanes of at least 4 members (excludes halogenated alkanes) is 1. The lowest BCUT2D eigenvalue weighted by Crippen LogP contribution is -2.26. The van der Waals surface area contributed by atoms with E-state index in [0.29, 0.717) is 12.1 Å². The highest BCUT2D eigenvalue weighted by atomic mass is 32.2. The molecule has 0 aromatic heterocycles. The van der Waals surface area contributed by atoms with Crippen molar-refractivity contribution in [1.82, 2.24) is 4.72 Å². The lowest BCUT2D eigenvalue weighted by atomic mass is 10.2. The molecule has 0 atom stereocenters. The Morgan fingerprint density at radius 2 is 2.11 bits per heavy atom. The number of hydrogen-bond donors (Lipinski definition) is 1. The summed E-state index contributed by atoms with van der Waals surface area (Å²) in [7, 11) is -3.42. The second-order valence-corrected chi connectivity index (χ2v) is 5.74. The van der Waals surface area contributed by atoms with Gasteiger partial charge in [-0.2, -0.15) is 0 Å². The lowest BCUT2D eigenvalue weighted by Gasteiger charge is -2.05. The summed E-state index contributed by atoms with van der Waals surface area (Å²) in [6.07, 6.45) is 1.67. The first kappa shape index (κ1) is 14.6. The van der Waals surface area contributed by atoms with E-state index in [4.69, 9.17) is 0 Å². The van der Waals surface area contributed by atoms with Crippen LogP contribution in [0.3, 0.4) is 0 Å². The standard InChI is InChI=1S/C11H16N2O4S/c1-2-3-7-12-18(16,17)9-10-5-4-6-11(8-10)13(14)15/h4-6,8,12H,2-3,7,9H2,1H3. The number of nitro groups is 1. The third-order valence-electron chi connectivity index (χ3n) is 2.33. The Hall–Kier alpha value is -1.47. The van der Waals surface area contributed by atoms with Crippen LogP contribution in [0.1, 0.15) is 25.3 Å². The van der Waals surface area contributed by atoms with E-state index >= 15 is 0 Å². The molecule has 0 amide bonds. The average Bonchev–Trinajstić information content (AvgIpc) is 2.28. The maximum atomic E-state index is 11.7. The number of rotatable bonds is 7. The zero-order valence-electron chi connectivity index (χ0n) is 10.1. The molecule has 0 radical (unpaired) electrons. The van der Waals surface area contributed by atoms with Gasteiger partial charge in [-0.05, 0) is 12.0 Å². The highest BCUT2D eigenvalue weighted by molar-refractivity contribution is 7.88. The van der Waals surface area contributed by atoms with E-state index in [9.17, 15) is 18.5 Å². The minimum atomic E-state index is -3.42. The van der Waals surface area contributed by atoms with E-state index in [-0.39, 0.29) is 11.4 Å². The summed E-state index contributed by atoms with van der Waals surface area (Å²) in [5.41, 5.74) is 0.310. The zero-order valence-corrected chi connectivity index (χ0v) is 10.9. The Morgan fingerprint density at radius 1 is 1.39 bits per heavy atom. The van der Waals surface area contributed by atoms with Gasteiger partial charge >= 0.3 is 0 Å². The van der Waals surface area contributed by atoms with Crippen molar-refractivity contribution in [3.63, 3.8) is 0 Å². The summed E-state index contributed by atoms with van der Waals surface area (Å²) in [5, 5.41) is 10.6. The van der Waals surface area contributed by atoms with Crippen molar-refractivity contribution in [2.45, 2.75) is 25.5 Å². The van der Waals surface area contributed by atoms with E-state index in [1.165, 1.54) is 18.2 Å². The number of sulfonamides is 1. The molecule has 1 aromatic carbocycles. The highest BCUT2D eigenvalue weighted by Gasteiger charge is 2.13. The maximum Gasteiger partial charge on any atom is 0.269 e. The van der Waals surface area contributed by atoms with Crippen LogP contribution in [0.5, 0.6) is 0 Å². The molecule has 100 valence electrons. The summed E-state index contributed by atoms with van der Waals surface area (Å²) < 4.78 is 25.8. The van der Waals surface area contributed by atoms with Gasteiger partial charge in [0, 0.05) is 18.7 Å². The van der Waals surface area contributed by atoms with Gasteiger partial charge < -0.3 is 0 Å². The van der Waals surface area contributed by atoms with Gasteiger partial charge in [-0.15, -0.1) is 0 Å². The van der Waals surface area contributed by atoms with Crippen molar-refractivity contribution in [1.29, 1.82) is 0 Å². The lowest BCUT2D eigenvalue weighted by molar-refractivity contribution is -0.384. The fourth-order valence-corrected chi connectivity index (χ4v) is 2.61. The van der Waals surface area contributed by atoms with Gasteiger partial charge in [-0.25, -0.2) is 13.1 Å². The molecular formula is C11H16N2O4S. The van der Waals surface area contributed by atoms with Crippen LogP contribution in [-0.4, -0.2) is 19.9 Å². The zero-order chi connectivity index (χ0) is 13.6. The van der Waals surface area contributed by atoms with Gasteiger partial charge in [0.15, 0.2) is 0 Å². The molecule has 1 aromatic rings. The van der Waals surface area contributed by atoms with Crippen LogP contribution in [0, 0.1) is 10.1 Å². The SMILES string of the molecule is CCCCNS(=O)(=O)Cc1cccc([N+](=O)[O-])c1. The molecule has 0 aliphatic carbocycles. The Labute approximate surface area is 106 Å².